The van der Waals surface area contributed by atoms with Crippen LogP contribution in [0.1, 0.15) is 123 Å². The lowest BCUT2D eigenvalue weighted by atomic mass is 9.79. The zero-order valence-electron chi connectivity index (χ0n) is 20.5. The third kappa shape index (κ3) is 5.34. The minimum atomic E-state index is -0.713. The predicted molar refractivity (Wildman–Crippen MR) is 142 cm³/mol. The van der Waals surface area contributed by atoms with Crippen LogP contribution in [0.15, 0.2) is 41.3 Å². The largest absolute Gasteiger partial charge is 0.497 e. The van der Waals surface area contributed by atoms with Crippen LogP contribution < -0.4 is 4.74 Å². The molecule has 2 nitrogen and oxygen atoms in total. The Kier molecular flexibility index (Phi) is 7.87. The summed E-state index contributed by atoms with van der Waals surface area (Å²) in [5.41, 5.74) is 5.58. The van der Waals surface area contributed by atoms with Gasteiger partial charge in [-0.1, -0.05) is 56.6 Å². The highest BCUT2D eigenvalue weighted by atomic mass is 32.2. The molecule has 0 radical (unpaired) electrons. The van der Waals surface area contributed by atoms with Crippen LogP contribution in [-0.4, -0.2) is 12.2 Å². The van der Waals surface area contributed by atoms with Crippen molar-refractivity contribution in [2.45, 2.75) is 106 Å². The van der Waals surface area contributed by atoms with E-state index >= 15 is 0 Å². The quantitative estimate of drug-likeness (QED) is 0.336. The van der Waals surface area contributed by atoms with E-state index in [1.54, 1.807) is 12.7 Å². The molecule has 0 aromatic heterocycles. The molecule has 0 saturated heterocycles. The van der Waals surface area contributed by atoms with Crippen molar-refractivity contribution in [1.29, 1.82) is 0 Å². The van der Waals surface area contributed by atoms with E-state index in [4.69, 9.17) is 4.74 Å². The van der Waals surface area contributed by atoms with Gasteiger partial charge in [0.2, 0.25) is 0 Å². The Morgan fingerprint density at radius 3 is 1.79 bits per heavy atom. The Balaban J connectivity index is 1.49. The highest BCUT2D eigenvalue weighted by Crippen LogP contribution is 2.46. The van der Waals surface area contributed by atoms with Crippen LogP contribution in [0, 0.1) is 11.2 Å². The second-order valence-electron chi connectivity index (χ2n) is 10.5. The van der Waals surface area contributed by atoms with Crippen LogP contribution in [0.2, 0.25) is 0 Å². The van der Waals surface area contributed by atoms with Crippen molar-refractivity contribution in [3.05, 3.63) is 58.7 Å². The van der Waals surface area contributed by atoms with Crippen LogP contribution in [-0.2, 0) is 0 Å². The van der Waals surface area contributed by atoms with E-state index in [-0.39, 0.29) is 0 Å². The van der Waals surface area contributed by atoms with E-state index in [1.807, 2.05) is 24.3 Å². The topological polar surface area (TPSA) is 29.5 Å². The first-order chi connectivity index (χ1) is 16.7. The maximum atomic E-state index is 11.5. The summed E-state index contributed by atoms with van der Waals surface area (Å²) in [6, 6.07) is 13.0. The molecule has 0 spiro atoms. The van der Waals surface area contributed by atoms with E-state index in [1.165, 1.54) is 106 Å². The van der Waals surface area contributed by atoms with E-state index in [9.17, 15) is 5.11 Å². The number of aliphatic hydroxyl groups excluding tert-OH is 1. The molecule has 0 amide bonds. The lowest BCUT2D eigenvalue weighted by Gasteiger charge is -2.26. The van der Waals surface area contributed by atoms with E-state index in [0.717, 1.165) is 10.6 Å². The van der Waals surface area contributed by atoms with Crippen LogP contribution in [0.5, 0.6) is 5.75 Å². The average molecular weight is 475 g/mol. The number of methoxy groups -OCH3 is 1. The van der Waals surface area contributed by atoms with Crippen molar-refractivity contribution in [2.75, 3.05) is 7.11 Å². The highest BCUT2D eigenvalue weighted by Gasteiger charge is 2.31. The molecule has 1 N–H and O–H groups in total. The van der Waals surface area contributed by atoms with Gasteiger partial charge in [-0.2, -0.15) is 0 Å². The van der Waals surface area contributed by atoms with Crippen LogP contribution in [0.25, 0.3) is 0 Å². The Morgan fingerprint density at radius 1 is 0.794 bits per heavy atom. The molecular weight excluding hydrogens is 436 g/mol. The van der Waals surface area contributed by atoms with Gasteiger partial charge in [0.1, 0.15) is 11.9 Å². The van der Waals surface area contributed by atoms with Crippen molar-refractivity contribution in [2.24, 2.45) is 0 Å². The first-order valence-electron chi connectivity index (χ1n) is 13.4. The smallest absolute Gasteiger partial charge is 0.141 e. The molecule has 3 aliphatic rings. The summed E-state index contributed by atoms with van der Waals surface area (Å²) < 4.78 is 5.25. The molecule has 1 atom stereocenters. The van der Waals surface area contributed by atoms with Crippen molar-refractivity contribution < 1.29 is 9.84 Å². The Hall–Kier alpha value is -1.89. The monoisotopic (exact) mass is 474 g/mol. The van der Waals surface area contributed by atoms with Gasteiger partial charge < -0.3 is 9.84 Å². The fraction of sp³-hybridized carbons (Fsp3) is 0.548. The molecule has 2 aromatic carbocycles. The second kappa shape index (κ2) is 11.2. The summed E-state index contributed by atoms with van der Waals surface area (Å²) in [7, 11) is 1.68. The molecular formula is C31H38O2S. The fourth-order valence-corrected chi connectivity index (χ4v) is 7.10. The molecule has 3 saturated carbocycles. The standard InChI is InChI=1S/C31H38O2S/c1-33-26-14-16-27(17-15-26)34-19-18-30(32)31-28(23-10-4-5-11-23)20-25(22-8-2-3-9-22)21-29(31)24-12-6-7-13-24/h14-17,20-24,30,32H,2-13H2,1H3. The minimum absolute atomic E-state index is 0.585. The predicted octanol–water partition coefficient (Wildman–Crippen LogP) is 8.45. The number of benzene rings is 2. The summed E-state index contributed by atoms with van der Waals surface area (Å²) >= 11 is 1.49. The molecule has 34 heavy (non-hydrogen) atoms. The first-order valence-corrected chi connectivity index (χ1v) is 14.2. The summed E-state index contributed by atoms with van der Waals surface area (Å²) in [4.78, 5) is 1.07. The van der Waals surface area contributed by atoms with E-state index in [2.05, 4.69) is 23.3 Å². The number of thioether (sulfide) groups is 1. The zero-order valence-corrected chi connectivity index (χ0v) is 21.3. The minimum Gasteiger partial charge on any atom is -0.497 e. The molecule has 0 heterocycles. The van der Waals surface area contributed by atoms with Crippen molar-refractivity contribution in [3.8, 4) is 16.9 Å². The van der Waals surface area contributed by atoms with Crippen molar-refractivity contribution in [1.82, 2.24) is 0 Å². The van der Waals surface area contributed by atoms with Gasteiger partial charge in [-0.05, 0) is 120 Å². The molecule has 1 unspecified atom stereocenters. The molecule has 3 aliphatic carbocycles. The summed E-state index contributed by atoms with van der Waals surface area (Å²) in [6.07, 6.45) is 14.9. The average Bonchev–Trinajstić information content (AvgIpc) is 3.67. The van der Waals surface area contributed by atoms with Crippen molar-refractivity contribution in [3.63, 3.8) is 0 Å². The fourth-order valence-electron chi connectivity index (χ4n) is 6.54. The van der Waals surface area contributed by atoms with Gasteiger partial charge in [0.25, 0.3) is 0 Å². The molecule has 180 valence electrons. The lowest BCUT2D eigenvalue weighted by molar-refractivity contribution is 0.234. The van der Waals surface area contributed by atoms with Gasteiger partial charge in [0, 0.05) is 4.90 Å². The third-order valence-corrected chi connectivity index (χ3v) is 9.11. The van der Waals surface area contributed by atoms with Gasteiger partial charge >= 0.3 is 0 Å². The molecule has 3 heteroatoms. The SMILES string of the molecule is COc1ccc(SC#CC(O)c2c(C3CCCC3)cc(C3CCCC3)cc2C2CCCC2)cc1. The van der Waals surface area contributed by atoms with E-state index < -0.39 is 6.10 Å². The molecule has 2 aromatic rings. The Morgan fingerprint density at radius 2 is 1.29 bits per heavy atom. The number of ether oxygens (including phenoxy) is 1. The number of hydrogen-bond donors (Lipinski definition) is 1. The van der Waals surface area contributed by atoms with Crippen LogP contribution >= 0.6 is 11.8 Å². The third-order valence-electron chi connectivity index (χ3n) is 8.38. The summed E-state index contributed by atoms with van der Waals surface area (Å²) in [5.74, 6) is 5.96. The molecule has 5 rings (SSSR count). The van der Waals surface area contributed by atoms with Crippen molar-refractivity contribution >= 4 is 11.8 Å². The Labute approximate surface area is 209 Å². The van der Waals surface area contributed by atoms with E-state index in [0.29, 0.717) is 17.8 Å². The number of hydrogen-bond acceptors (Lipinski definition) is 3. The first kappa shape index (κ1) is 23.8. The zero-order chi connectivity index (χ0) is 23.3. The number of aliphatic hydroxyl groups is 1. The molecule has 0 bridgehead atoms. The van der Waals surface area contributed by atoms with Gasteiger partial charge in [0.15, 0.2) is 0 Å². The molecule has 3 fully saturated rings. The lowest BCUT2D eigenvalue weighted by Crippen LogP contribution is -2.12. The van der Waals surface area contributed by atoms with Crippen LogP contribution in [0.3, 0.4) is 0 Å². The van der Waals surface area contributed by atoms with Crippen LogP contribution in [0.4, 0.5) is 0 Å². The summed E-state index contributed by atoms with van der Waals surface area (Å²) in [5, 5.41) is 14.7. The molecule has 0 aliphatic heterocycles. The maximum absolute atomic E-state index is 11.5. The summed E-state index contributed by atoms with van der Waals surface area (Å²) in [6.45, 7) is 0. The normalized spacial score (nSPS) is 20.4. The van der Waals surface area contributed by atoms with Gasteiger partial charge in [-0.3, -0.25) is 0 Å². The highest BCUT2D eigenvalue weighted by molar-refractivity contribution is 8.03. The second-order valence-corrected chi connectivity index (χ2v) is 11.4. The Bertz CT molecular complexity index is 977. The maximum Gasteiger partial charge on any atom is 0.141 e. The van der Waals surface area contributed by atoms with Gasteiger partial charge in [0.05, 0.1) is 7.11 Å². The number of rotatable bonds is 6. The van der Waals surface area contributed by atoms with Gasteiger partial charge in [-0.25, -0.2) is 0 Å². The van der Waals surface area contributed by atoms with Gasteiger partial charge in [-0.15, -0.1) is 0 Å².